The maximum absolute atomic E-state index is 11.8. The van der Waals surface area contributed by atoms with Gasteiger partial charge in [-0.1, -0.05) is 0 Å². The zero-order valence-corrected chi connectivity index (χ0v) is 6.58. The lowest BCUT2D eigenvalue weighted by Gasteiger charge is -2.02. The Bertz CT molecular complexity index is 382. The molecule has 0 unspecified atom stereocenters. The van der Waals surface area contributed by atoms with E-state index in [0.717, 1.165) is 6.20 Å². The fourth-order valence-electron chi connectivity index (χ4n) is 0.691. The van der Waals surface area contributed by atoms with Gasteiger partial charge in [0.25, 0.3) is 5.91 Å². The van der Waals surface area contributed by atoms with E-state index in [0.29, 0.717) is 6.20 Å². The maximum Gasteiger partial charge on any atom is 0.473 e. The monoisotopic (exact) mass is 207 g/mol. The van der Waals surface area contributed by atoms with Gasteiger partial charge in [-0.25, -0.2) is 0 Å². The van der Waals surface area contributed by atoms with Crippen molar-refractivity contribution in [2.75, 3.05) is 0 Å². The molecular formula is C6H4F3N3O2. The number of carbonyl (C=O) groups excluding carboxylic acids is 2. The molecule has 8 heteroatoms. The van der Waals surface area contributed by atoms with Crippen LogP contribution in [0.2, 0.25) is 0 Å². The molecule has 5 nitrogen and oxygen atoms in total. The van der Waals surface area contributed by atoms with Crippen molar-refractivity contribution in [2.45, 2.75) is 6.18 Å². The molecule has 0 aliphatic heterocycles. The number of hydrogen-bond acceptors (Lipinski definition) is 3. The zero-order chi connectivity index (χ0) is 10.9. The Balaban J connectivity index is 2.99. The summed E-state index contributed by atoms with van der Waals surface area (Å²) in [7, 11) is 0. The first kappa shape index (κ1) is 10.2. The van der Waals surface area contributed by atoms with Gasteiger partial charge in [0, 0.05) is 6.20 Å². The first-order valence-corrected chi connectivity index (χ1v) is 3.28. The third kappa shape index (κ3) is 1.90. The summed E-state index contributed by atoms with van der Waals surface area (Å²) in [5.41, 5.74) is 4.49. The number of carbonyl (C=O) groups is 2. The van der Waals surface area contributed by atoms with E-state index in [1.54, 1.807) is 0 Å². The number of halogens is 3. The topological polar surface area (TPSA) is 78.0 Å². The summed E-state index contributed by atoms with van der Waals surface area (Å²) in [6, 6.07) is 0. The lowest BCUT2D eigenvalue weighted by Crippen LogP contribution is -2.29. The number of rotatable bonds is 1. The molecule has 1 aromatic rings. The summed E-state index contributed by atoms with van der Waals surface area (Å²) in [4.78, 5) is 21.0. The van der Waals surface area contributed by atoms with Gasteiger partial charge in [0.05, 0.1) is 11.8 Å². The Morgan fingerprint density at radius 2 is 2.00 bits per heavy atom. The highest BCUT2D eigenvalue weighted by atomic mass is 19.4. The molecule has 2 N–H and O–H groups in total. The van der Waals surface area contributed by atoms with E-state index in [2.05, 4.69) is 5.10 Å². The average Bonchev–Trinajstić information content (AvgIpc) is 2.48. The molecule has 14 heavy (non-hydrogen) atoms. The van der Waals surface area contributed by atoms with Crippen molar-refractivity contribution in [1.82, 2.24) is 9.78 Å². The summed E-state index contributed by atoms with van der Waals surface area (Å²) in [5, 5.41) is 3.05. The fraction of sp³-hybridized carbons (Fsp3) is 0.167. The molecule has 0 aromatic carbocycles. The molecule has 0 saturated heterocycles. The molecule has 76 valence electrons. The fourth-order valence-corrected chi connectivity index (χ4v) is 0.691. The van der Waals surface area contributed by atoms with Gasteiger partial charge in [-0.3, -0.25) is 9.59 Å². The Kier molecular flexibility index (Phi) is 2.28. The lowest BCUT2D eigenvalue weighted by molar-refractivity contribution is -0.0955. The minimum atomic E-state index is -5.03. The highest BCUT2D eigenvalue weighted by molar-refractivity contribution is 5.93. The molecule has 1 rings (SSSR count). The van der Waals surface area contributed by atoms with Crippen molar-refractivity contribution in [1.29, 1.82) is 0 Å². The zero-order valence-electron chi connectivity index (χ0n) is 6.58. The van der Waals surface area contributed by atoms with E-state index in [1.807, 2.05) is 0 Å². The Hall–Kier alpha value is -1.86. The first-order chi connectivity index (χ1) is 6.32. The predicted octanol–water partition coefficient (Wildman–Crippen LogP) is 0.184. The van der Waals surface area contributed by atoms with Crippen LogP contribution in [0.5, 0.6) is 0 Å². The van der Waals surface area contributed by atoms with Crippen molar-refractivity contribution in [3.63, 3.8) is 0 Å². The second-order valence-electron chi connectivity index (χ2n) is 2.34. The maximum atomic E-state index is 11.8. The first-order valence-electron chi connectivity index (χ1n) is 3.28. The standard InChI is InChI=1S/C6H4F3N3O2/c7-6(8,9)5(14)12-2-3(1-11-12)4(10)13/h1-2H,(H2,10,13). The molecule has 0 aliphatic rings. The third-order valence-electron chi connectivity index (χ3n) is 1.32. The van der Waals surface area contributed by atoms with E-state index in [9.17, 15) is 22.8 Å². The minimum Gasteiger partial charge on any atom is -0.366 e. The van der Waals surface area contributed by atoms with E-state index in [4.69, 9.17) is 5.73 Å². The smallest absolute Gasteiger partial charge is 0.366 e. The van der Waals surface area contributed by atoms with E-state index >= 15 is 0 Å². The van der Waals surface area contributed by atoms with Crippen LogP contribution in [-0.2, 0) is 0 Å². The van der Waals surface area contributed by atoms with Crippen LogP contribution in [0.15, 0.2) is 12.4 Å². The van der Waals surface area contributed by atoms with Crippen LogP contribution in [0.1, 0.15) is 15.2 Å². The minimum absolute atomic E-state index is 0.0140. The summed E-state index contributed by atoms with van der Waals surface area (Å²) in [6.45, 7) is 0. The number of amides is 1. The summed E-state index contributed by atoms with van der Waals surface area (Å²) in [6.07, 6.45) is -3.62. The third-order valence-corrected chi connectivity index (χ3v) is 1.32. The normalized spacial score (nSPS) is 11.4. The largest absolute Gasteiger partial charge is 0.473 e. The highest BCUT2D eigenvalue weighted by Crippen LogP contribution is 2.17. The summed E-state index contributed by atoms with van der Waals surface area (Å²) >= 11 is 0. The molecule has 0 radical (unpaired) electrons. The van der Waals surface area contributed by atoms with Crippen molar-refractivity contribution < 1.29 is 22.8 Å². The van der Waals surface area contributed by atoms with Gasteiger partial charge < -0.3 is 5.73 Å². The van der Waals surface area contributed by atoms with Crippen molar-refractivity contribution >= 4 is 11.8 Å². The van der Waals surface area contributed by atoms with Crippen LogP contribution >= 0.6 is 0 Å². The second kappa shape index (κ2) is 3.13. The molecule has 0 atom stereocenters. The van der Waals surface area contributed by atoms with Crippen molar-refractivity contribution in [3.05, 3.63) is 18.0 Å². The Morgan fingerprint density at radius 3 is 2.36 bits per heavy atom. The van der Waals surface area contributed by atoms with Gasteiger partial charge >= 0.3 is 12.1 Å². The van der Waals surface area contributed by atoms with Gasteiger partial charge in [0.2, 0.25) is 0 Å². The number of alkyl halides is 3. The number of nitrogens with zero attached hydrogens (tertiary/aromatic N) is 2. The van der Waals surface area contributed by atoms with Gasteiger partial charge in [0.15, 0.2) is 0 Å². The van der Waals surface area contributed by atoms with E-state index < -0.39 is 18.0 Å². The van der Waals surface area contributed by atoms with E-state index in [-0.39, 0.29) is 10.2 Å². The van der Waals surface area contributed by atoms with Gasteiger partial charge in [0.1, 0.15) is 0 Å². The molecule has 1 aromatic heterocycles. The molecule has 1 amide bonds. The molecule has 0 spiro atoms. The number of nitrogens with two attached hydrogens (primary N) is 1. The van der Waals surface area contributed by atoms with Crippen molar-refractivity contribution in [3.8, 4) is 0 Å². The molecule has 0 bridgehead atoms. The summed E-state index contributed by atoms with van der Waals surface area (Å²) in [5.74, 6) is -3.13. The Labute approximate surface area is 75.3 Å². The quantitative estimate of drug-likeness (QED) is 0.713. The number of hydrogen-bond donors (Lipinski definition) is 1. The van der Waals surface area contributed by atoms with E-state index in [1.165, 1.54) is 0 Å². The van der Waals surface area contributed by atoms with Gasteiger partial charge in [-0.2, -0.15) is 23.0 Å². The number of aromatic nitrogens is 2. The predicted molar refractivity (Wildman–Crippen MR) is 37.4 cm³/mol. The van der Waals surface area contributed by atoms with Crippen LogP contribution in [0.25, 0.3) is 0 Å². The average molecular weight is 207 g/mol. The van der Waals surface area contributed by atoms with Crippen LogP contribution in [0.3, 0.4) is 0 Å². The van der Waals surface area contributed by atoms with Crippen LogP contribution < -0.4 is 5.73 Å². The summed E-state index contributed by atoms with van der Waals surface area (Å²) < 4.78 is 35.5. The molecular weight excluding hydrogens is 203 g/mol. The van der Waals surface area contributed by atoms with Gasteiger partial charge in [-0.05, 0) is 0 Å². The van der Waals surface area contributed by atoms with Crippen LogP contribution in [-0.4, -0.2) is 27.8 Å². The van der Waals surface area contributed by atoms with Gasteiger partial charge in [-0.15, -0.1) is 0 Å². The molecule has 0 aliphatic carbocycles. The molecule has 1 heterocycles. The Morgan fingerprint density at radius 1 is 1.43 bits per heavy atom. The molecule has 0 saturated carbocycles. The second-order valence-corrected chi connectivity index (χ2v) is 2.34. The molecule has 0 fully saturated rings. The highest BCUT2D eigenvalue weighted by Gasteiger charge is 2.40. The van der Waals surface area contributed by atoms with Crippen LogP contribution in [0.4, 0.5) is 13.2 Å². The lowest BCUT2D eigenvalue weighted by atomic mass is 10.3. The van der Waals surface area contributed by atoms with Crippen molar-refractivity contribution in [2.24, 2.45) is 5.73 Å². The number of primary amides is 1. The SMILES string of the molecule is NC(=O)c1cnn(C(=O)C(F)(F)F)c1. The van der Waals surface area contributed by atoms with Crippen LogP contribution in [0, 0.1) is 0 Å².